The van der Waals surface area contributed by atoms with Gasteiger partial charge in [0.2, 0.25) is 0 Å². The molecule has 0 heterocycles. The summed E-state index contributed by atoms with van der Waals surface area (Å²) in [5.74, 6) is 0.148. The number of amides is 1. The van der Waals surface area contributed by atoms with Gasteiger partial charge in [0.1, 0.15) is 13.7 Å². The van der Waals surface area contributed by atoms with Crippen LogP contribution in [-0.4, -0.2) is 31.5 Å². The van der Waals surface area contributed by atoms with Crippen molar-refractivity contribution in [3.8, 4) is 0 Å². The lowest BCUT2D eigenvalue weighted by molar-refractivity contribution is -0.114. The second kappa shape index (κ2) is 9.96. The van der Waals surface area contributed by atoms with Crippen LogP contribution < -0.4 is 5.32 Å². The van der Waals surface area contributed by atoms with E-state index >= 15 is 0 Å². The monoisotopic (exact) mass is 447 g/mol. The third-order valence-electron chi connectivity index (χ3n) is 5.02. The Balaban J connectivity index is 1.69. The number of carbonyl (C=O) groups is 1. The molecule has 3 rings (SSSR count). The second-order valence-corrected chi connectivity index (χ2v) is 7.76. The highest BCUT2D eigenvalue weighted by Gasteiger charge is 2.43. The molecule has 1 aliphatic rings. The number of hydrogen-bond acceptors (Lipinski definition) is 5. The zero-order valence-corrected chi connectivity index (χ0v) is 18.5. The Morgan fingerprint density at radius 2 is 1.83 bits per heavy atom. The molecule has 0 aliphatic heterocycles. The minimum atomic E-state index is -0.346. The lowest BCUT2D eigenvalue weighted by atomic mass is 10.0. The molecule has 6 nitrogen and oxygen atoms in total. The first-order valence-corrected chi connectivity index (χ1v) is 10.2. The quantitative estimate of drug-likeness (QED) is 0.467. The summed E-state index contributed by atoms with van der Waals surface area (Å²) in [4.78, 5) is 22.6. The van der Waals surface area contributed by atoms with Crippen molar-refractivity contribution in [2.75, 3.05) is 14.2 Å². The molecule has 0 saturated heterocycles. The fourth-order valence-corrected chi connectivity index (χ4v) is 4.09. The van der Waals surface area contributed by atoms with Crippen molar-refractivity contribution in [2.24, 2.45) is 16.2 Å². The number of nitrogens with one attached hydrogen (secondary N) is 1. The maximum atomic E-state index is 12.1. The number of rotatable bonds is 8. The van der Waals surface area contributed by atoms with Gasteiger partial charge in [-0.05, 0) is 37.0 Å². The van der Waals surface area contributed by atoms with Crippen molar-refractivity contribution in [3.63, 3.8) is 0 Å². The van der Waals surface area contributed by atoms with E-state index in [2.05, 4.69) is 15.6 Å². The third-order valence-corrected chi connectivity index (χ3v) is 5.68. The van der Waals surface area contributed by atoms with Crippen LogP contribution >= 0.6 is 23.2 Å². The van der Waals surface area contributed by atoms with Crippen molar-refractivity contribution in [3.05, 3.63) is 69.2 Å². The fourth-order valence-electron chi connectivity index (χ4n) is 3.41. The van der Waals surface area contributed by atoms with E-state index in [1.807, 2.05) is 43.3 Å². The van der Waals surface area contributed by atoms with Crippen molar-refractivity contribution in [2.45, 2.75) is 25.9 Å². The summed E-state index contributed by atoms with van der Waals surface area (Å²) in [6.45, 7) is 2.13. The van der Waals surface area contributed by atoms with Gasteiger partial charge in [0, 0.05) is 34.1 Å². The molecule has 8 heteroatoms. The fraction of sp³-hybridized carbons (Fsp3) is 0.318. The number of nitrogens with zero attached hydrogens (tertiary/aromatic N) is 2. The van der Waals surface area contributed by atoms with E-state index in [0.29, 0.717) is 15.6 Å². The van der Waals surface area contributed by atoms with Crippen LogP contribution in [0, 0.1) is 5.92 Å². The summed E-state index contributed by atoms with van der Waals surface area (Å²) in [6, 6.07) is 12.9. The number of halogens is 2. The first-order chi connectivity index (χ1) is 14.5. The summed E-state index contributed by atoms with van der Waals surface area (Å²) in [5.41, 5.74) is 3.42. The van der Waals surface area contributed by atoms with Gasteiger partial charge in [-0.2, -0.15) is 0 Å². The number of hydrogen-bond donors (Lipinski definition) is 1. The van der Waals surface area contributed by atoms with Crippen LogP contribution in [0.2, 0.25) is 10.0 Å². The van der Waals surface area contributed by atoms with E-state index in [-0.39, 0.29) is 30.1 Å². The summed E-state index contributed by atoms with van der Waals surface area (Å²) in [6.07, 6.45) is 0.931. The molecule has 1 saturated carbocycles. The van der Waals surface area contributed by atoms with E-state index in [4.69, 9.17) is 32.9 Å². The highest BCUT2D eigenvalue weighted by molar-refractivity contribution is 6.45. The Hall–Kier alpha value is -2.57. The first kappa shape index (κ1) is 22.1. The van der Waals surface area contributed by atoms with Crippen LogP contribution in [0.1, 0.15) is 36.0 Å². The number of benzene rings is 2. The minimum Gasteiger partial charge on any atom is -0.398 e. The zero-order chi connectivity index (χ0) is 21.7. The maximum Gasteiger partial charge on any atom is 0.273 e. The van der Waals surface area contributed by atoms with Gasteiger partial charge in [-0.3, -0.25) is 4.79 Å². The highest BCUT2D eigenvalue weighted by atomic mass is 35.5. The van der Waals surface area contributed by atoms with Gasteiger partial charge in [-0.1, -0.05) is 63.8 Å². The third kappa shape index (κ3) is 4.94. The van der Waals surface area contributed by atoms with Crippen LogP contribution in [0.25, 0.3) is 0 Å². The molecular formula is C22H23Cl2N3O3. The van der Waals surface area contributed by atoms with Crippen LogP contribution in [0.5, 0.6) is 0 Å². The minimum absolute atomic E-state index is 0.176. The molecule has 0 aromatic heterocycles. The summed E-state index contributed by atoms with van der Waals surface area (Å²) < 4.78 is 0. The van der Waals surface area contributed by atoms with Gasteiger partial charge in [-0.25, -0.2) is 0 Å². The smallest absolute Gasteiger partial charge is 0.273 e. The van der Waals surface area contributed by atoms with Gasteiger partial charge < -0.3 is 15.0 Å². The molecule has 1 aliphatic carbocycles. The van der Waals surface area contributed by atoms with Gasteiger partial charge >= 0.3 is 0 Å². The van der Waals surface area contributed by atoms with E-state index in [1.165, 1.54) is 14.2 Å². The molecule has 2 atom stereocenters. The molecule has 0 bridgehead atoms. The summed E-state index contributed by atoms with van der Waals surface area (Å²) in [5, 5.41) is 12.1. The van der Waals surface area contributed by atoms with Crippen molar-refractivity contribution in [1.29, 1.82) is 0 Å². The molecule has 1 N–H and O–H groups in total. The second-order valence-electron chi connectivity index (χ2n) is 6.95. The summed E-state index contributed by atoms with van der Waals surface area (Å²) >= 11 is 12.6. The largest absolute Gasteiger partial charge is 0.398 e. The van der Waals surface area contributed by atoms with E-state index in [1.54, 1.807) is 6.07 Å². The lowest BCUT2D eigenvalue weighted by Gasteiger charge is -2.10. The average Bonchev–Trinajstić information content (AvgIpc) is 3.52. The maximum absolute atomic E-state index is 12.1. The van der Waals surface area contributed by atoms with Crippen molar-refractivity contribution in [1.82, 2.24) is 5.32 Å². The normalized spacial score (nSPS) is 18.7. The van der Waals surface area contributed by atoms with Gasteiger partial charge in [-0.15, -0.1) is 0 Å². The Morgan fingerprint density at radius 1 is 1.13 bits per heavy atom. The van der Waals surface area contributed by atoms with Gasteiger partial charge in [0.15, 0.2) is 5.71 Å². The van der Waals surface area contributed by atoms with Crippen molar-refractivity contribution >= 4 is 40.5 Å². The number of likely N-dealkylation sites (N-methyl/N-ethyl adjacent to an activating group) is 1. The molecule has 2 aromatic rings. The molecule has 1 fully saturated rings. The van der Waals surface area contributed by atoms with Crippen LogP contribution in [0.3, 0.4) is 0 Å². The molecule has 0 radical (unpaired) electrons. The molecule has 158 valence electrons. The summed E-state index contributed by atoms with van der Waals surface area (Å²) in [7, 11) is 2.94. The molecule has 1 amide bonds. The van der Waals surface area contributed by atoms with Crippen LogP contribution in [-0.2, 0) is 21.1 Å². The SMILES string of the molecule is CNC(=O)C(=NOC)c1ccccc1CON=C(C)C1CC1c1c(Cl)cccc1Cl. The van der Waals surface area contributed by atoms with Gasteiger partial charge in [0.25, 0.3) is 5.91 Å². The number of carbonyl (C=O) groups excluding carboxylic acids is 1. The first-order valence-electron chi connectivity index (χ1n) is 9.49. The Bertz CT molecular complexity index is 971. The zero-order valence-electron chi connectivity index (χ0n) is 17.0. The van der Waals surface area contributed by atoms with Gasteiger partial charge in [0.05, 0.1) is 5.71 Å². The standard InChI is InChI=1S/C22H23Cl2N3O3/c1-13(16-11-17(16)20-18(23)9-6-10-19(20)24)26-30-12-14-7-4-5-8-15(14)21(27-29-3)22(28)25-2/h4-10,16-17H,11-12H2,1-3H3,(H,25,28). The van der Waals surface area contributed by atoms with E-state index < -0.39 is 0 Å². The van der Waals surface area contributed by atoms with Crippen molar-refractivity contribution < 1.29 is 14.5 Å². The van der Waals surface area contributed by atoms with Crippen LogP contribution in [0.15, 0.2) is 52.8 Å². The predicted octanol–water partition coefficient (Wildman–Crippen LogP) is 4.79. The Labute approximate surface area is 185 Å². The van der Waals surface area contributed by atoms with E-state index in [9.17, 15) is 4.79 Å². The highest BCUT2D eigenvalue weighted by Crippen LogP contribution is 2.52. The molecule has 2 aromatic carbocycles. The number of oxime groups is 2. The van der Waals surface area contributed by atoms with E-state index in [0.717, 1.165) is 23.3 Å². The topological polar surface area (TPSA) is 72.3 Å². The lowest BCUT2D eigenvalue weighted by Crippen LogP contribution is -2.29. The molecule has 0 spiro atoms. The molecule has 30 heavy (non-hydrogen) atoms. The Kier molecular flexibility index (Phi) is 7.34. The molecular weight excluding hydrogens is 425 g/mol. The predicted molar refractivity (Wildman–Crippen MR) is 119 cm³/mol. The van der Waals surface area contributed by atoms with Crippen LogP contribution in [0.4, 0.5) is 0 Å². The molecule has 2 unspecified atom stereocenters. The average molecular weight is 448 g/mol. The Morgan fingerprint density at radius 3 is 2.50 bits per heavy atom.